The van der Waals surface area contributed by atoms with Gasteiger partial charge in [0, 0.05) is 5.69 Å². The molecule has 0 aliphatic heterocycles. The fourth-order valence-electron chi connectivity index (χ4n) is 2.22. The summed E-state index contributed by atoms with van der Waals surface area (Å²) in [7, 11) is 1.29. The second-order valence-corrected chi connectivity index (χ2v) is 6.25. The summed E-state index contributed by atoms with van der Waals surface area (Å²) >= 11 is 0. The average Bonchev–Trinajstić information content (AvgIpc) is 2.70. The number of esters is 2. The molecule has 1 amide bonds. The summed E-state index contributed by atoms with van der Waals surface area (Å²) in [5.41, 5.74) is 2.14. The quantitative estimate of drug-likeness (QED) is 0.702. The number of amides is 1. The van der Waals surface area contributed by atoms with E-state index in [1.54, 1.807) is 36.4 Å². The molecule has 0 spiro atoms. The molecule has 0 bridgehead atoms. The Kier molecular flexibility index (Phi) is 7.71. The lowest BCUT2D eigenvalue weighted by atomic mass is 10.1. The van der Waals surface area contributed by atoms with Crippen molar-refractivity contribution < 1.29 is 28.6 Å². The van der Waals surface area contributed by atoms with Gasteiger partial charge in [0.2, 0.25) is 0 Å². The van der Waals surface area contributed by atoms with Crippen LogP contribution in [0.2, 0.25) is 0 Å². The Hall–Kier alpha value is -3.19. The van der Waals surface area contributed by atoms with Crippen LogP contribution in [0.15, 0.2) is 48.5 Å². The number of carbonyl (C=O) groups is 3. The lowest BCUT2D eigenvalue weighted by molar-refractivity contribution is -0.119. The van der Waals surface area contributed by atoms with Gasteiger partial charge in [0.15, 0.2) is 6.61 Å². The summed E-state index contributed by atoms with van der Waals surface area (Å²) < 4.78 is 15.1. The first-order valence-electron chi connectivity index (χ1n) is 8.75. The van der Waals surface area contributed by atoms with E-state index in [9.17, 15) is 14.4 Å². The third kappa shape index (κ3) is 6.51. The molecule has 0 heterocycles. The number of benzene rings is 2. The molecular formula is C21H23NO6. The van der Waals surface area contributed by atoms with Gasteiger partial charge in [-0.15, -0.1) is 0 Å². The minimum Gasteiger partial charge on any atom is -0.465 e. The van der Waals surface area contributed by atoms with Crippen LogP contribution >= 0.6 is 0 Å². The van der Waals surface area contributed by atoms with Crippen LogP contribution in [0.3, 0.4) is 0 Å². The van der Waals surface area contributed by atoms with Crippen molar-refractivity contribution in [3.8, 4) is 0 Å². The molecule has 0 saturated carbocycles. The summed E-state index contributed by atoms with van der Waals surface area (Å²) in [6.07, 6.45) is 0.125. The van der Waals surface area contributed by atoms with Gasteiger partial charge in [-0.1, -0.05) is 12.1 Å². The van der Waals surface area contributed by atoms with Crippen molar-refractivity contribution in [2.45, 2.75) is 26.6 Å². The normalized spacial score (nSPS) is 10.4. The van der Waals surface area contributed by atoms with E-state index in [0.717, 1.165) is 5.56 Å². The van der Waals surface area contributed by atoms with Crippen LogP contribution in [0.4, 0.5) is 5.69 Å². The third-order valence-electron chi connectivity index (χ3n) is 3.70. The fourth-order valence-corrected chi connectivity index (χ4v) is 2.22. The molecule has 2 aromatic rings. The highest BCUT2D eigenvalue weighted by Crippen LogP contribution is 2.11. The number of nitrogens with one attached hydrogen (secondary N) is 1. The number of ether oxygens (including phenoxy) is 3. The molecule has 7 nitrogen and oxygen atoms in total. The molecule has 0 saturated heterocycles. The molecule has 0 radical (unpaired) electrons. The van der Waals surface area contributed by atoms with Crippen molar-refractivity contribution in [3.05, 3.63) is 65.2 Å². The molecule has 2 rings (SSSR count). The molecule has 0 fully saturated rings. The van der Waals surface area contributed by atoms with Gasteiger partial charge >= 0.3 is 11.9 Å². The van der Waals surface area contributed by atoms with Crippen LogP contribution < -0.4 is 5.32 Å². The predicted molar refractivity (Wildman–Crippen MR) is 103 cm³/mol. The van der Waals surface area contributed by atoms with E-state index < -0.39 is 24.5 Å². The van der Waals surface area contributed by atoms with Gasteiger partial charge in [0.05, 0.1) is 30.9 Å². The zero-order valence-electron chi connectivity index (χ0n) is 16.1. The third-order valence-corrected chi connectivity index (χ3v) is 3.70. The van der Waals surface area contributed by atoms with Gasteiger partial charge < -0.3 is 19.5 Å². The first-order valence-corrected chi connectivity index (χ1v) is 8.75. The first-order chi connectivity index (χ1) is 13.4. The lowest BCUT2D eigenvalue weighted by Gasteiger charge is -2.09. The number of hydrogen-bond donors (Lipinski definition) is 1. The van der Waals surface area contributed by atoms with Gasteiger partial charge in [0.25, 0.3) is 5.91 Å². The van der Waals surface area contributed by atoms with Crippen molar-refractivity contribution in [2.75, 3.05) is 19.0 Å². The van der Waals surface area contributed by atoms with Gasteiger partial charge in [-0.2, -0.15) is 0 Å². The number of methoxy groups -OCH3 is 1. The first kappa shape index (κ1) is 21.1. The highest BCUT2D eigenvalue weighted by Gasteiger charge is 2.11. The van der Waals surface area contributed by atoms with Gasteiger partial charge in [-0.3, -0.25) is 4.79 Å². The van der Waals surface area contributed by atoms with E-state index in [2.05, 4.69) is 10.1 Å². The Morgan fingerprint density at radius 1 is 0.893 bits per heavy atom. The maximum Gasteiger partial charge on any atom is 0.338 e. The summed E-state index contributed by atoms with van der Waals surface area (Å²) in [5.74, 6) is -1.54. The Balaban J connectivity index is 1.81. The zero-order chi connectivity index (χ0) is 20.5. The Morgan fingerprint density at radius 2 is 1.46 bits per heavy atom. The summed E-state index contributed by atoms with van der Waals surface area (Å²) in [6, 6.07) is 13.0. The molecular weight excluding hydrogens is 362 g/mol. The number of hydrogen-bond acceptors (Lipinski definition) is 6. The molecule has 0 aromatic heterocycles. The number of rotatable bonds is 8. The van der Waals surface area contributed by atoms with E-state index in [-0.39, 0.29) is 6.10 Å². The number of anilines is 1. The Bertz CT molecular complexity index is 812. The summed E-state index contributed by atoms with van der Waals surface area (Å²) in [4.78, 5) is 35.3. The fraction of sp³-hybridized carbons (Fsp3) is 0.286. The number of carbonyl (C=O) groups excluding carboxylic acids is 3. The lowest BCUT2D eigenvalue weighted by Crippen LogP contribution is -2.21. The van der Waals surface area contributed by atoms with Crippen LogP contribution in [0.1, 0.15) is 40.1 Å². The maximum absolute atomic E-state index is 12.0. The second-order valence-electron chi connectivity index (χ2n) is 6.25. The van der Waals surface area contributed by atoms with Gasteiger partial charge in [0.1, 0.15) is 0 Å². The van der Waals surface area contributed by atoms with Crippen molar-refractivity contribution >= 4 is 23.5 Å². The Morgan fingerprint density at radius 3 is 2.04 bits per heavy atom. The second kappa shape index (κ2) is 10.2. The molecule has 0 unspecified atom stereocenters. The van der Waals surface area contributed by atoms with E-state index >= 15 is 0 Å². The SMILES string of the molecule is COC(=O)c1ccc(NC(=O)COC(=O)c2ccc(COC(C)C)cc2)cc1. The maximum atomic E-state index is 12.0. The van der Waals surface area contributed by atoms with Crippen molar-refractivity contribution in [3.63, 3.8) is 0 Å². The minimum atomic E-state index is -0.590. The highest BCUT2D eigenvalue weighted by molar-refractivity contribution is 5.96. The zero-order valence-corrected chi connectivity index (χ0v) is 16.1. The molecule has 0 aliphatic rings. The predicted octanol–water partition coefficient (Wildman–Crippen LogP) is 3.19. The molecule has 0 aliphatic carbocycles. The standard InChI is InChI=1S/C21H23NO6/c1-14(2)27-12-15-4-6-17(7-5-15)21(25)28-13-19(23)22-18-10-8-16(9-11-18)20(24)26-3/h4-11,14H,12-13H2,1-3H3,(H,22,23). The monoisotopic (exact) mass is 385 g/mol. The Labute approximate surface area is 163 Å². The molecule has 0 atom stereocenters. The molecule has 28 heavy (non-hydrogen) atoms. The minimum absolute atomic E-state index is 0.125. The molecule has 7 heteroatoms. The van der Waals surface area contributed by atoms with E-state index in [0.29, 0.717) is 23.4 Å². The van der Waals surface area contributed by atoms with Crippen LogP contribution in [-0.4, -0.2) is 37.7 Å². The molecule has 1 N–H and O–H groups in total. The molecule has 148 valence electrons. The summed E-state index contributed by atoms with van der Waals surface area (Å²) in [6.45, 7) is 3.94. The largest absolute Gasteiger partial charge is 0.465 e. The molecule has 2 aromatic carbocycles. The highest BCUT2D eigenvalue weighted by atomic mass is 16.5. The smallest absolute Gasteiger partial charge is 0.338 e. The van der Waals surface area contributed by atoms with Crippen molar-refractivity contribution in [1.82, 2.24) is 0 Å². The van der Waals surface area contributed by atoms with E-state index in [4.69, 9.17) is 9.47 Å². The van der Waals surface area contributed by atoms with Crippen molar-refractivity contribution in [1.29, 1.82) is 0 Å². The van der Waals surface area contributed by atoms with Gasteiger partial charge in [-0.25, -0.2) is 9.59 Å². The van der Waals surface area contributed by atoms with Gasteiger partial charge in [-0.05, 0) is 55.8 Å². The van der Waals surface area contributed by atoms with Crippen molar-refractivity contribution in [2.24, 2.45) is 0 Å². The van der Waals surface area contributed by atoms with Crippen LogP contribution in [0.5, 0.6) is 0 Å². The average molecular weight is 385 g/mol. The van der Waals surface area contributed by atoms with Crippen LogP contribution in [0, 0.1) is 0 Å². The van der Waals surface area contributed by atoms with E-state index in [1.165, 1.54) is 19.2 Å². The van der Waals surface area contributed by atoms with Crippen LogP contribution in [0.25, 0.3) is 0 Å². The van der Waals surface area contributed by atoms with Crippen LogP contribution in [-0.2, 0) is 25.6 Å². The topological polar surface area (TPSA) is 90.9 Å². The van der Waals surface area contributed by atoms with E-state index in [1.807, 2.05) is 13.8 Å². The summed E-state index contributed by atoms with van der Waals surface area (Å²) in [5, 5.41) is 2.58.